The largest absolute Gasteiger partial charge is 0.353 e. The molecule has 0 unspecified atom stereocenters. The summed E-state index contributed by atoms with van der Waals surface area (Å²) < 4.78 is 27.9. The molecule has 2 aromatic carbocycles. The number of nitrogens with zero attached hydrogens (tertiary/aromatic N) is 2. The fraction of sp³-hybridized carbons (Fsp3) is 0.391. The van der Waals surface area contributed by atoms with Crippen LogP contribution >= 0.6 is 0 Å². The second-order valence-corrected chi connectivity index (χ2v) is 10.1. The van der Waals surface area contributed by atoms with Crippen molar-refractivity contribution in [3.63, 3.8) is 0 Å². The molecule has 0 aromatic heterocycles. The van der Waals surface area contributed by atoms with Crippen molar-refractivity contribution in [3.05, 3.63) is 65.7 Å². The Kier molecular flexibility index (Phi) is 6.38. The van der Waals surface area contributed by atoms with Crippen LogP contribution in [0.25, 0.3) is 0 Å². The second-order valence-electron chi connectivity index (χ2n) is 8.14. The van der Waals surface area contributed by atoms with E-state index in [0.717, 1.165) is 19.3 Å². The summed E-state index contributed by atoms with van der Waals surface area (Å²) in [7, 11) is -3.67. The predicted octanol–water partition coefficient (Wildman–Crippen LogP) is 1.90. The van der Waals surface area contributed by atoms with E-state index in [2.05, 4.69) is 17.4 Å². The third-order valence-electron chi connectivity index (χ3n) is 5.99. The van der Waals surface area contributed by atoms with Gasteiger partial charge in [0.05, 0.1) is 11.4 Å². The minimum atomic E-state index is -3.67. The minimum absolute atomic E-state index is 0.00919. The molecule has 8 heteroatoms. The lowest BCUT2D eigenvalue weighted by molar-refractivity contribution is -0.123. The van der Waals surface area contributed by atoms with Gasteiger partial charge in [0.2, 0.25) is 15.9 Å². The molecule has 2 amide bonds. The molecule has 164 valence electrons. The van der Waals surface area contributed by atoms with Gasteiger partial charge in [-0.3, -0.25) is 9.59 Å². The molecule has 0 radical (unpaired) electrons. The van der Waals surface area contributed by atoms with Crippen LogP contribution in [0.2, 0.25) is 0 Å². The Labute approximate surface area is 183 Å². The fourth-order valence-corrected chi connectivity index (χ4v) is 5.75. The average molecular weight is 442 g/mol. The molecule has 0 atom stereocenters. The van der Waals surface area contributed by atoms with Crippen LogP contribution in [0.1, 0.15) is 28.8 Å². The van der Waals surface area contributed by atoms with Crippen molar-refractivity contribution in [3.8, 4) is 0 Å². The third-order valence-corrected chi connectivity index (χ3v) is 7.88. The standard InChI is InChI=1S/C23H27N3O4S/c27-22-17-25(14-11-24-22)23(28)20-7-4-8-21(16-20)31(29,30)26-12-9-19(10-13-26)15-18-5-2-1-3-6-18/h1-8,16,19H,9-15,17H2,(H,24,27). The zero-order valence-corrected chi connectivity index (χ0v) is 18.2. The Balaban J connectivity index is 1.42. The van der Waals surface area contributed by atoms with Gasteiger partial charge in [-0.15, -0.1) is 0 Å². The second kappa shape index (κ2) is 9.20. The van der Waals surface area contributed by atoms with Crippen molar-refractivity contribution in [2.75, 3.05) is 32.7 Å². The Bertz CT molecular complexity index is 1050. The molecule has 2 saturated heterocycles. The predicted molar refractivity (Wildman–Crippen MR) is 117 cm³/mol. The van der Waals surface area contributed by atoms with E-state index in [-0.39, 0.29) is 28.8 Å². The van der Waals surface area contributed by atoms with Crippen molar-refractivity contribution in [1.82, 2.24) is 14.5 Å². The summed E-state index contributed by atoms with van der Waals surface area (Å²) in [5.41, 5.74) is 1.57. The molecule has 2 fully saturated rings. The molecule has 1 N–H and O–H groups in total. The van der Waals surface area contributed by atoms with E-state index < -0.39 is 10.0 Å². The SMILES string of the molecule is O=C1CN(C(=O)c2cccc(S(=O)(=O)N3CCC(Cc4ccccc4)CC3)c2)CCN1. The van der Waals surface area contributed by atoms with Gasteiger partial charge in [0.1, 0.15) is 0 Å². The number of piperidine rings is 1. The van der Waals surface area contributed by atoms with Crippen molar-refractivity contribution in [1.29, 1.82) is 0 Å². The zero-order chi connectivity index (χ0) is 21.8. The van der Waals surface area contributed by atoms with Crippen LogP contribution in [-0.2, 0) is 21.2 Å². The summed E-state index contributed by atoms with van der Waals surface area (Å²) in [5, 5.41) is 2.68. The van der Waals surface area contributed by atoms with E-state index >= 15 is 0 Å². The van der Waals surface area contributed by atoms with Crippen molar-refractivity contribution < 1.29 is 18.0 Å². The molecule has 0 saturated carbocycles. The first-order chi connectivity index (χ1) is 14.9. The van der Waals surface area contributed by atoms with Gasteiger partial charge in [-0.05, 0) is 48.9 Å². The molecule has 2 aromatic rings. The van der Waals surface area contributed by atoms with Crippen LogP contribution in [-0.4, -0.2) is 62.2 Å². The molecule has 4 rings (SSSR count). The third kappa shape index (κ3) is 4.97. The van der Waals surface area contributed by atoms with Crippen molar-refractivity contribution >= 4 is 21.8 Å². The van der Waals surface area contributed by atoms with Crippen LogP contribution in [0.5, 0.6) is 0 Å². The molecule has 2 aliphatic heterocycles. The number of rotatable bonds is 5. The van der Waals surface area contributed by atoms with Gasteiger partial charge in [0.25, 0.3) is 5.91 Å². The van der Waals surface area contributed by atoms with E-state index in [4.69, 9.17) is 0 Å². The number of benzene rings is 2. The molecule has 7 nitrogen and oxygen atoms in total. The number of amides is 2. The maximum Gasteiger partial charge on any atom is 0.254 e. The Hall–Kier alpha value is -2.71. The first-order valence-corrected chi connectivity index (χ1v) is 12.1. The van der Waals surface area contributed by atoms with Crippen LogP contribution in [0, 0.1) is 5.92 Å². The quantitative estimate of drug-likeness (QED) is 0.768. The molecule has 0 spiro atoms. The van der Waals surface area contributed by atoms with E-state index in [9.17, 15) is 18.0 Å². The molecule has 0 aliphatic carbocycles. The van der Waals surface area contributed by atoms with E-state index in [0.29, 0.717) is 32.1 Å². The number of hydrogen-bond donors (Lipinski definition) is 1. The topological polar surface area (TPSA) is 86.8 Å². The highest BCUT2D eigenvalue weighted by atomic mass is 32.2. The van der Waals surface area contributed by atoms with Gasteiger partial charge < -0.3 is 10.2 Å². The maximum atomic E-state index is 13.2. The normalized spacial score (nSPS) is 18.6. The zero-order valence-electron chi connectivity index (χ0n) is 17.4. The van der Waals surface area contributed by atoms with Gasteiger partial charge >= 0.3 is 0 Å². The van der Waals surface area contributed by atoms with Crippen LogP contribution in [0.4, 0.5) is 0 Å². The van der Waals surface area contributed by atoms with Gasteiger partial charge in [-0.2, -0.15) is 4.31 Å². The number of piperazine rings is 1. The molecular formula is C23H27N3O4S. The summed E-state index contributed by atoms with van der Waals surface area (Å²) >= 11 is 0. The summed E-state index contributed by atoms with van der Waals surface area (Å²) in [6.45, 7) is 1.76. The summed E-state index contributed by atoms with van der Waals surface area (Å²) in [4.78, 5) is 25.9. The van der Waals surface area contributed by atoms with E-state index in [1.165, 1.54) is 26.9 Å². The highest BCUT2D eigenvalue weighted by Crippen LogP contribution is 2.26. The number of carbonyl (C=O) groups is 2. The van der Waals surface area contributed by atoms with Gasteiger partial charge in [-0.25, -0.2) is 8.42 Å². The van der Waals surface area contributed by atoms with E-state index in [1.54, 1.807) is 12.1 Å². The maximum absolute atomic E-state index is 13.2. The van der Waals surface area contributed by atoms with Crippen LogP contribution in [0.3, 0.4) is 0 Å². The molecule has 31 heavy (non-hydrogen) atoms. The smallest absolute Gasteiger partial charge is 0.254 e. The van der Waals surface area contributed by atoms with Gasteiger partial charge in [0, 0.05) is 31.7 Å². The number of sulfonamides is 1. The average Bonchev–Trinajstić information content (AvgIpc) is 2.80. The number of hydrogen-bond acceptors (Lipinski definition) is 4. The monoisotopic (exact) mass is 441 g/mol. The van der Waals surface area contributed by atoms with Gasteiger partial charge in [0.15, 0.2) is 0 Å². The highest BCUT2D eigenvalue weighted by molar-refractivity contribution is 7.89. The molecule has 0 bridgehead atoms. The minimum Gasteiger partial charge on any atom is -0.353 e. The fourth-order valence-electron chi connectivity index (χ4n) is 4.23. The number of nitrogens with one attached hydrogen (secondary N) is 1. The Morgan fingerprint density at radius 3 is 2.45 bits per heavy atom. The first kappa shape index (κ1) is 21.5. The molecule has 2 heterocycles. The molecule has 2 aliphatic rings. The first-order valence-electron chi connectivity index (χ1n) is 10.6. The highest BCUT2D eigenvalue weighted by Gasteiger charge is 2.30. The summed E-state index contributed by atoms with van der Waals surface area (Å²) in [6, 6.07) is 16.4. The summed E-state index contributed by atoms with van der Waals surface area (Å²) in [5.74, 6) is -0.0674. The van der Waals surface area contributed by atoms with Crippen molar-refractivity contribution in [2.45, 2.75) is 24.2 Å². The lowest BCUT2D eigenvalue weighted by Gasteiger charge is -2.31. The lowest BCUT2D eigenvalue weighted by Crippen LogP contribution is -2.50. The van der Waals surface area contributed by atoms with Gasteiger partial charge in [-0.1, -0.05) is 36.4 Å². The van der Waals surface area contributed by atoms with E-state index in [1.807, 2.05) is 18.2 Å². The number of carbonyl (C=O) groups excluding carboxylic acids is 2. The Morgan fingerprint density at radius 1 is 1.00 bits per heavy atom. The van der Waals surface area contributed by atoms with Crippen molar-refractivity contribution in [2.24, 2.45) is 5.92 Å². The Morgan fingerprint density at radius 2 is 1.74 bits per heavy atom. The summed E-state index contributed by atoms with van der Waals surface area (Å²) in [6.07, 6.45) is 2.59. The molecular weight excluding hydrogens is 414 g/mol. The van der Waals surface area contributed by atoms with Crippen LogP contribution < -0.4 is 5.32 Å². The lowest BCUT2D eigenvalue weighted by atomic mass is 9.91. The van der Waals surface area contributed by atoms with Crippen LogP contribution in [0.15, 0.2) is 59.5 Å².